The predicted molar refractivity (Wildman–Crippen MR) is 106 cm³/mol. The van der Waals surface area contributed by atoms with Gasteiger partial charge in [-0.05, 0) is 29.8 Å². The fraction of sp³-hybridized carbons (Fsp3) is 0.190. The minimum absolute atomic E-state index is 0.0260. The quantitative estimate of drug-likeness (QED) is 0.736. The summed E-state index contributed by atoms with van der Waals surface area (Å²) in [6.45, 7) is 1.00. The van der Waals surface area contributed by atoms with Gasteiger partial charge in [-0.2, -0.15) is 0 Å². The highest BCUT2D eigenvalue weighted by atomic mass is 32.1. The maximum atomic E-state index is 12.6. The summed E-state index contributed by atoms with van der Waals surface area (Å²) in [5.41, 5.74) is 2.83. The first-order chi connectivity index (χ1) is 13.2. The third-order valence-corrected chi connectivity index (χ3v) is 5.46. The summed E-state index contributed by atoms with van der Waals surface area (Å²) in [5, 5.41) is 5.81. The monoisotopic (exact) mass is 377 g/mol. The Balaban J connectivity index is 1.36. The summed E-state index contributed by atoms with van der Waals surface area (Å²) in [7, 11) is 0. The number of anilines is 1. The topological polar surface area (TPSA) is 62.3 Å². The summed E-state index contributed by atoms with van der Waals surface area (Å²) in [4.78, 5) is 30.9. The first-order valence-corrected chi connectivity index (χ1v) is 9.69. The van der Waals surface area contributed by atoms with Crippen molar-refractivity contribution in [2.45, 2.75) is 13.0 Å². The summed E-state index contributed by atoms with van der Waals surface area (Å²) in [6.07, 6.45) is 2.03. The molecule has 2 aromatic carbocycles. The molecule has 2 amide bonds. The number of carbonyl (C=O) groups excluding carboxylic acids is 2. The molecule has 2 heterocycles. The molecule has 27 heavy (non-hydrogen) atoms. The number of carbonyl (C=O) groups is 2. The molecule has 3 aromatic rings. The fourth-order valence-corrected chi connectivity index (χ4v) is 3.86. The molecule has 5 nitrogen and oxygen atoms in total. The van der Waals surface area contributed by atoms with Gasteiger partial charge in [0, 0.05) is 42.3 Å². The van der Waals surface area contributed by atoms with Gasteiger partial charge in [-0.1, -0.05) is 30.3 Å². The Morgan fingerprint density at radius 1 is 1.15 bits per heavy atom. The highest BCUT2D eigenvalue weighted by Gasteiger charge is 2.34. The van der Waals surface area contributed by atoms with Crippen LogP contribution in [0.3, 0.4) is 0 Å². The van der Waals surface area contributed by atoms with Crippen molar-refractivity contribution in [2.75, 3.05) is 11.9 Å². The average Bonchev–Trinajstić information content (AvgIpc) is 3.34. The zero-order chi connectivity index (χ0) is 18.6. The van der Waals surface area contributed by atoms with Crippen LogP contribution in [0.4, 0.5) is 5.69 Å². The number of thiazole rings is 1. The Bertz CT molecular complexity index is 924. The van der Waals surface area contributed by atoms with Crippen LogP contribution in [-0.4, -0.2) is 28.2 Å². The van der Waals surface area contributed by atoms with Crippen molar-refractivity contribution in [1.29, 1.82) is 0 Å². The Labute approximate surface area is 161 Å². The number of likely N-dealkylation sites (tertiary alicyclic amines) is 1. The van der Waals surface area contributed by atoms with Crippen LogP contribution < -0.4 is 5.32 Å². The van der Waals surface area contributed by atoms with Crippen LogP contribution in [0.25, 0.3) is 10.6 Å². The van der Waals surface area contributed by atoms with Crippen molar-refractivity contribution in [1.82, 2.24) is 9.88 Å². The van der Waals surface area contributed by atoms with Gasteiger partial charge in [-0.15, -0.1) is 11.3 Å². The normalized spacial score (nSPS) is 16.5. The minimum Gasteiger partial charge on any atom is -0.338 e. The van der Waals surface area contributed by atoms with Gasteiger partial charge in [0.15, 0.2) is 0 Å². The van der Waals surface area contributed by atoms with E-state index >= 15 is 0 Å². The molecule has 0 bridgehead atoms. The number of hydrogen-bond acceptors (Lipinski definition) is 4. The minimum atomic E-state index is -0.320. The molecular formula is C21H19N3O2S. The summed E-state index contributed by atoms with van der Waals surface area (Å²) >= 11 is 1.58. The van der Waals surface area contributed by atoms with Crippen molar-refractivity contribution >= 4 is 28.8 Å². The van der Waals surface area contributed by atoms with Gasteiger partial charge in [0.05, 0.1) is 5.92 Å². The molecule has 0 saturated carbocycles. The van der Waals surface area contributed by atoms with Gasteiger partial charge in [0.25, 0.3) is 0 Å². The van der Waals surface area contributed by atoms with Crippen LogP contribution in [0.5, 0.6) is 0 Å². The van der Waals surface area contributed by atoms with Gasteiger partial charge in [-0.25, -0.2) is 4.98 Å². The number of nitrogens with one attached hydrogen (secondary N) is 1. The highest BCUT2D eigenvalue weighted by molar-refractivity contribution is 7.13. The second-order valence-electron chi connectivity index (χ2n) is 6.56. The molecule has 1 fully saturated rings. The lowest BCUT2D eigenvalue weighted by molar-refractivity contribution is -0.128. The molecule has 0 aliphatic carbocycles. The Morgan fingerprint density at radius 3 is 2.63 bits per heavy atom. The zero-order valence-electron chi connectivity index (χ0n) is 14.7. The average molecular weight is 377 g/mol. The van der Waals surface area contributed by atoms with Crippen molar-refractivity contribution < 1.29 is 9.59 Å². The van der Waals surface area contributed by atoms with E-state index in [1.54, 1.807) is 22.4 Å². The van der Waals surface area contributed by atoms with Gasteiger partial charge in [0.2, 0.25) is 11.8 Å². The molecular weight excluding hydrogens is 358 g/mol. The van der Waals surface area contributed by atoms with Crippen molar-refractivity contribution in [2.24, 2.45) is 5.92 Å². The Kier molecular flexibility index (Phi) is 4.98. The van der Waals surface area contributed by atoms with Gasteiger partial charge in [-0.3, -0.25) is 9.59 Å². The third-order valence-electron chi connectivity index (χ3n) is 4.63. The van der Waals surface area contributed by atoms with E-state index in [1.807, 2.05) is 60.0 Å². The summed E-state index contributed by atoms with van der Waals surface area (Å²) in [6, 6.07) is 17.5. The highest BCUT2D eigenvalue weighted by Crippen LogP contribution is 2.25. The number of rotatable bonds is 5. The molecule has 4 rings (SSSR count). The van der Waals surface area contributed by atoms with Crippen molar-refractivity contribution in [3.63, 3.8) is 0 Å². The smallest absolute Gasteiger partial charge is 0.229 e. The number of amides is 2. The number of nitrogens with zero attached hydrogens (tertiary/aromatic N) is 2. The Hall–Kier alpha value is -2.99. The lowest BCUT2D eigenvalue weighted by Gasteiger charge is -2.16. The molecule has 1 aliphatic heterocycles. The lowest BCUT2D eigenvalue weighted by Crippen LogP contribution is -2.28. The van der Waals surface area contributed by atoms with Gasteiger partial charge in [0.1, 0.15) is 5.01 Å². The SMILES string of the molecule is O=C(Nc1ccc(-c2nccs2)cc1)C1CC(=O)N(Cc2ccccc2)C1. The van der Waals surface area contributed by atoms with E-state index in [2.05, 4.69) is 10.3 Å². The van der Waals surface area contributed by atoms with E-state index < -0.39 is 0 Å². The molecule has 0 radical (unpaired) electrons. The molecule has 1 atom stereocenters. The Morgan fingerprint density at radius 2 is 1.93 bits per heavy atom. The number of aromatic nitrogens is 1. The zero-order valence-corrected chi connectivity index (χ0v) is 15.5. The standard InChI is InChI=1S/C21H19N3O2S/c25-19-12-17(14-24(19)13-15-4-2-1-3-5-15)20(26)23-18-8-6-16(7-9-18)21-22-10-11-27-21/h1-11,17H,12-14H2,(H,23,26). The molecule has 136 valence electrons. The predicted octanol–water partition coefficient (Wildman–Crippen LogP) is 3.80. The second kappa shape index (κ2) is 7.72. The van der Waals surface area contributed by atoms with E-state index in [9.17, 15) is 9.59 Å². The van der Waals surface area contributed by atoms with Crippen LogP contribution >= 0.6 is 11.3 Å². The molecule has 1 N–H and O–H groups in total. The van der Waals surface area contributed by atoms with Crippen molar-refractivity contribution in [3.05, 3.63) is 71.7 Å². The molecule has 1 saturated heterocycles. The molecule has 1 unspecified atom stereocenters. The molecule has 6 heteroatoms. The third kappa shape index (κ3) is 4.06. The largest absolute Gasteiger partial charge is 0.338 e. The van der Waals surface area contributed by atoms with E-state index in [-0.39, 0.29) is 24.2 Å². The maximum Gasteiger partial charge on any atom is 0.229 e. The summed E-state index contributed by atoms with van der Waals surface area (Å²) in [5.74, 6) is -0.404. The molecule has 1 aliphatic rings. The lowest BCUT2D eigenvalue weighted by atomic mass is 10.1. The van der Waals surface area contributed by atoms with Crippen LogP contribution in [0, 0.1) is 5.92 Å². The van der Waals surface area contributed by atoms with Gasteiger partial charge < -0.3 is 10.2 Å². The van der Waals surface area contributed by atoms with Crippen LogP contribution in [0.1, 0.15) is 12.0 Å². The first-order valence-electron chi connectivity index (χ1n) is 8.81. The maximum absolute atomic E-state index is 12.6. The van der Waals surface area contributed by atoms with E-state index in [4.69, 9.17) is 0 Å². The second-order valence-corrected chi connectivity index (χ2v) is 7.46. The van der Waals surface area contributed by atoms with Crippen LogP contribution in [0.15, 0.2) is 66.2 Å². The first kappa shape index (κ1) is 17.4. The van der Waals surface area contributed by atoms with Crippen molar-refractivity contribution in [3.8, 4) is 10.6 Å². The number of hydrogen-bond donors (Lipinski definition) is 1. The van der Waals surface area contributed by atoms with E-state index in [0.717, 1.165) is 21.8 Å². The summed E-state index contributed by atoms with van der Waals surface area (Å²) < 4.78 is 0. The fourth-order valence-electron chi connectivity index (χ4n) is 3.21. The van der Waals surface area contributed by atoms with Gasteiger partial charge >= 0.3 is 0 Å². The molecule has 0 spiro atoms. The van der Waals surface area contributed by atoms with E-state index in [0.29, 0.717) is 13.1 Å². The molecule has 1 aromatic heterocycles. The number of benzene rings is 2. The van der Waals surface area contributed by atoms with Crippen LogP contribution in [0.2, 0.25) is 0 Å². The van der Waals surface area contributed by atoms with E-state index in [1.165, 1.54) is 0 Å². The van der Waals surface area contributed by atoms with Crippen LogP contribution in [-0.2, 0) is 16.1 Å².